The Bertz CT molecular complexity index is 1130. The van der Waals surface area contributed by atoms with Gasteiger partial charge in [0.2, 0.25) is 0 Å². The number of ether oxygens (including phenoxy) is 2. The molecule has 1 fully saturated rings. The molecule has 72 heavy (non-hydrogen) atoms. The Balaban J connectivity index is 1.68. The van der Waals surface area contributed by atoms with E-state index in [1.165, 1.54) is 315 Å². The topological polar surface area (TPSA) is 93.1 Å². The lowest BCUT2D eigenvalue weighted by Crippen LogP contribution is -2.40. The van der Waals surface area contributed by atoms with Gasteiger partial charge in [-0.1, -0.05) is 334 Å². The first-order valence-electron chi connectivity index (χ1n) is 32.8. The van der Waals surface area contributed by atoms with Crippen molar-refractivity contribution in [3.05, 3.63) is 12.2 Å². The molecule has 0 spiro atoms. The number of carbonyl (C=O) groups excluding carboxylic acids is 2. The van der Waals surface area contributed by atoms with E-state index in [1.54, 1.807) is 0 Å². The summed E-state index contributed by atoms with van der Waals surface area (Å²) in [6.07, 6.45) is 80.3. The van der Waals surface area contributed by atoms with Crippen molar-refractivity contribution in [1.82, 2.24) is 0 Å². The Morgan fingerprint density at radius 1 is 0.361 bits per heavy atom. The Morgan fingerprint density at radius 2 is 0.597 bits per heavy atom. The van der Waals surface area contributed by atoms with Crippen molar-refractivity contribution in [2.24, 2.45) is 11.3 Å². The highest BCUT2D eigenvalue weighted by Crippen LogP contribution is 2.25. The highest BCUT2D eigenvalue weighted by molar-refractivity contribution is 5.80. The maximum Gasteiger partial charge on any atom is 0.309 e. The number of cyclic esters (lactones) is 2. The third-order valence-corrected chi connectivity index (χ3v) is 16.3. The fourth-order valence-electron chi connectivity index (χ4n) is 10.9. The Hall–Kier alpha value is -1.40. The number of hydrogen-bond acceptors (Lipinski definition) is 6. The monoisotopic (exact) mass is 1010 g/mol. The summed E-state index contributed by atoms with van der Waals surface area (Å²) in [5.41, 5.74) is -1.13. The van der Waals surface area contributed by atoms with E-state index in [0.717, 1.165) is 25.7 Å². The van der Waals surface area contributed by atoms with Crippen molar-refractivity contribution >= 4 is 11.9 Å². The molecule has 1 aliphatic heterocycles. The SMILES string of the molecule is CCCCCCCCCCCCCCCCCCCCCCCCCCCCCCCCCCCCCCCCCCCCCCCCCC/C=C/CCCCCC1CC(=O)OCC(CO)(CO)COC1=O. The summed E-state index contributed by atoms with van der Waals surface area (Å²) in [4.78, 5) is 24.7. The van der Waals surface area contributed by atoms with Crippen molar-refractivity contribution in [3.63, 3.8) is 0 Å². The van der Waals surface area contributed by atoms with Crippen molar-refractivity contribution in [3.8, 4) is 0 Å². The van der Waals surface area contributed by atoms with Crippen LogP contribution in [0.1, 0.15) is 360 Å². The quantitative estimate of drug-likeness (QED) is 0.0358. The molecule has 1 heterocycles. The number of allylic oxidation sites excluding steroid dienone is 2. The van der Waals surface area contributed by atoms with E-state index < -0.39 is 36.5 Å². The highest BCUT2D eigenvalue weighted by atomic mass is 16.6. The molecule has 1 atom stereocenters. The third-order valence-electron chi connectivity index (χ3n) is 16.3. The van der Waals surface area contributed by atoms with Gasteiger partial charge < -0.3 is 19.7 Å². The van der Waals surface area contributed by atoms with Gasteiger partial charge in [-0.3, -0.25) is 9.59 Å². The van der Waals surface area contributed by atoms with Crippen LogP contribution in [0.3, 0.4) is 0 Å². The third kappa shape index (κ3) is 47.1. The zero-order valence-corrected chi connectivity index (χ0v) is 48.5. The van der Waals surface area contributed by atoms with E-state index in [2.05, 4.69) is 19.1 Å². The average Bonchev–Trinajstić information content (AvgIpc) is 3.45. The molecule has 0 bridgehead atoms. The molecule has 0 aromatic heterocycles. The summed E-state index contributed by atoms with van der Waals surface area (Å²) in [6.45, 7) is 1.19. The van der Waals surface area contributed by atoms with Gasteiger partial charge in [-0.05, 0) is 32.1 Å². The minimum absolute atomic E-state index is 0.00840. The first-order valence-corrected chi connectivity index (χ1v) is 32.8. The normalized spacial score (nSPS) is 15.2. The first kappa shape index (κ1) is 68.6. The molecule has 426 valence electrons. The molecule has 1 saturated heterocycles. The minimum Gasteiger partial charge on any atom is -0.465 e. The van der Waals surface area contributed by atoms with Crippen molar-refractivity contribution in [2.75, 3.05) is 26.4 Å². The van der Waals surface area contributed by atoms with Crippen LogP contribution in [-0.4, -0.2) is 48.6 Å². The van der Waals surface area contributed by atoms with E-state index in [1.807, 2.05) is 0 Å². The molecule has 2 N–H and O–H groups in total. The number of unbranched alkanes of at least 4 members (excludes halogenated alkanes) is 51. The highest BCUT2D eigenvalue weighted by Gasteiger charge is 2.36. The molecule has 6 nitrogen and oxygen atoms in total. The van der Waals surface area contributed by atoms with Gasteiger partial charge in [-0.2, -0.15) is 0 Å². The van der Waals surface area contributed by atoms with Crippen LogP contribution in [-0.2, 0) is 19.1 Å². The predicted octanol–water partition coefficient (Wildman–Crippen LogP) is 20.7. The maximum absolute atomic E-state index is 12.5. The van der Waals surface area contributed by atoms with Gasteiger partial charge >= 0.3 is 11.9 Å². The number of hydrogen-bond donors (Lipinski definition) is 2. The molecule has 0 amide bonds. The largest absolute Gasteiger partial charge is 0.465 e. The van der Waals surface area contributed by atoms with Crippen LogP contribution in [0.15, 0.2) is 12.2 Å². The lowest BCUT2D eigenvalue weighted by molar-refractivity contribution is -0.155. The zero-order valence-electron chi connectivity index (χ0n) is 48.5. The average molecular weight is 1020 g/mol. The molecule has 0 aliphatic carbocycles. The second kappa shape index (κ2) is 55.8. The van der Waals surface area contributed by atoms with E-state index in [0.29, 0.717) is 6.42 Å². The van der Waals surface area contributed by atoms with Crippen molar-refractivity contribution in [1.29, 1.82) is 0 Å². The van der Waals surface area contributed by atoms with E-state index in [9.17, 15) is 19.8 Å². The molecule has 0 aromatic rings. The maximum atomic E-state index is 12.5. The smallest absolute Gasteiger partial charge is 0.309 e. The number of aliphatic hydroxyl groups excluding tert-OH is 2. The Kier molecular flexibility index (Phi) is 53.2. The van der Waals surface area contributed by atoms with Gasteiger partial charge in [0.1, 0.15) is 13.2 Å². The Morgan fingerprint density at radius 3 is 0.861 bits per heavy atom. The molecular formula is C66H126O6. The number of carbonyl (C=O) groups is 2. The number of esters is 2. The Labute approximate surface area is 449 Å². The predicted molar refractivity (Wildman–Crippen MR) is 311 cm³/mol. The molecule has 6 heteroatoms. The summed E-state index contributed by atoms with van der Waals surface area (Å²) in [6, 6.07) is 0. The molecule has 1 unspecified atom stereocenters. The fraction of sp³-hybridized carbons (Fsp3) is 0.939. The summed E-state index contributed by atoms with van der Waals surface area (Å²) in [7, 11) is 0. The van der Waals surface area contributed by atoms with Gasteiger partial charge in [0.25, 0.3) is 0 Å². The summed E-state index contributed by atoms with van der Waals surface area (Å²) >= 11 is 0. The first-order chi connectivity index (χ1) is 35.6. The van der Waals surface area contributed by atoms with Gasteiger partial charge in [-0.25, -0.2) is 0 Å². The second-order valence-electron chi connectivity index (χ2n) is 23.5. The zero-order chi connectivity index (χ0) is 51.8. The fourth-order valence-corrected chi connectivity index (χ4v) is 10.9. The van der Waals surface area contributed by atoms with E-state index >= 15 is 0 Å². The van der Waals surface area contributed by atoms with Crippen LogP contribution >= 0.6 is 0 Å². The molecule has 0 radical (unpaired) electrons. The van der Waals surface area contributed by atoms with Gasteiger partial charge in [0.05, 0.1) is 31.0 Å². The van der Waals surface area contributed by atoms with Crippen LogP contribution in [0.5, 0.6) is 0 Å². The van der Waals surface area contributed by atoms with Crippen LogP contribution in [0.25, 0.3) is 0 Å². The lowest BCUT2D eigenvalue weighted by atomic mass is 9.92. The second-order valence-corrected chi connectivity index (χ2v) is 23.5. The lowest BCUT2D eigenvalue weighted by Gasteiger charge is -2.27. The molecule has 1 aliphatic rings. The molecule has 1 rings (SSSR count). The van der Waals surface area contributed by atoms with Gasteiger partial charge in [-0.15, -0.1) is 0 Å². The van der Waals surface area contributed by atoms with Crippen molar-refractivity contribution in [2.45, 2.75) is 360 Å². The van der Waals surface area contributed by atoms with Gasteiger partial charge in [0, 0.05) is 0 Å². The number of rotatable bonds is 57. The van der Waals surface area contributed by atoms with Gasteiger partial charge in [0.15, 0.2) is 0 Å². The standard InChI is InChI=1S/C66H126O6/c1-2-3-4-5-6-7-8-9-10-11-12-13-14-15-16-17-18-19-20-21-22-23-24-25-26-27-28-29-30-31-32-33-34-35-36-37-38-39-40-41-42-43-44-45-46-47-48-49-50-51-52-53-54-55-56-57-63-58-64(69)71-61-66(59-67,60-68)62-72-65(63)70/h51-52,63,67-68H,2-50,53-62H2,1H3/b52-51+. The van der Waals surface area contributed by atoms with Crippen LogP contribution < -0.4 is 0 Å². The summed E-state index contributed by atoms with van der Waals surface area (Å²) < 4.78 is 10.6. The van der Waals surface area contributed by atoms with Crippen LogP contribution in [0, 0.1) is 11.3 Å². The summed E-state index contributed by atoms with van der Waals surface area (Å²) in [5, 5.41) is 19.2. The summed E-state index contributed by atoms with van der Waals surface area (Å²) in [5.74, 6) is -1.44. The van der Waals surface area contributed by atoms with Crippen LogP contribution in [0.2, 0.25) is 0 Å². The van der Waals surface area contributed by atoms with E-state index in [4.69, 9.17) is 9.47 Å². The molecule has 0 saturated carbocycles. The van der Waals surface area contributed by atoms with E-state index in [-0.39, 0.29) is 19.6 Å². The minimum atomic E-state index is -1.13. The molecular weight excluding hydrogens is 889 g/mol. The number of aliphatic hydroxyl groups is 2. The van der Waals surface area contributed by atoms with Crippen LogP contribution in [0.4, 0.5) is 0 Å². The van der Waals surface area contributed by atoms with Crippen molar-refractivity contribution < 1.29 is 29.3 Å². The molecule has 0 aromatic carbocycles.